The molecular formula is C10H11ClF2N2O2. The first kappa shape index (κ1) is 13.8. The Balaban J connectivity index is 2.64. The van der Waals surface area contributed by atoms with Crippen LogP contribution in [0.5, 0.6) is 0 Å². The summed E-state index contributed by atoms with van der Waals surface area (Å²) in [6.07, 6.45) is -3.54. The van der Waals surface area contributed by atoms with Gasteiger partial charge in [-0.1, -0.05) is 11.6 Å². The van der Waals surface area contributed by atoms with Gasteiger partial charge in [0.15, 0.2) is 0 Å². The van der Waals surface area contributed by atoms with E-state index in [2.05, 4.69) is 10.3 Å². The number of amides is 1. The first-order valence-electron chi connectivity index (χ1n) is 4.78. The van der Waals surface area contributed by atoms with Crippen molar-refractivity contribution < 1.29 is 18.7 Å². The second kappa shape index (κ2) is 5.88. The molecule has 7 heteroatoms. The van der Waals surface area contributed by atoms with Crippen LogP contribution in [0.2, 0.25) is 5.02 Å². The largest absolute Gasteiger partial charge is 0.385 e. The molecule has 0 radical (unpaired) electrons. The molecule has 4 nitrogen and oxygen atoms in total. The highest BCUT2D eigenvalue weighted by molar-refractivity contribution is 6.33. The highest BCUT2D eigenvalue weighted by atomic mass is 35.5. The van der Waals surface area contributed by atoms with Gasteiger partial charge in [0.25, 0.3) is 12.3 Å². The van der Waals surface area contributed by atoms with Gasteiger partial charge in [-0.05, 0) is 13.0 Å². The van der Waals surface area contributed by atoms with E-state index in [1.807, 2.05) is 0 Å². The lowest BCUT2D eigenvalue weighted by molar-refractivity contribution is -0.00270. The minimum atomic E-state index is -2.90. The molecule has 0 saturated heterocycles. The maximum absolute atomic E-state index is 12.0. The van der Waals surface area contributed by atoms with Gasteiger partial charge in [0.05, 0.1) is 10.6 Å². The lowest BCUT2D eigenvalue weighted by atomic mass is 10.2. The number of aromatic nitrogens is 1. The molecule has 1 unspecified atom stereocenters. The van der Waals surface area contributed by atoms with E-state index >= 15 is 0 Å². The summed E-state index contributed by atoms with van der Waals surface area (Å²) >= 11 is 5.79. The topological polar surface area (TPSA) is 62.2 Å². The molecule has 0 aliphatic rings. The smallest absolute Gasteiger partial charge is 0.265 e. The summed E-state index contributed by atoms with van der Waals surface area (Å²) in [5.41, 5.74) is 0.720. The Morgan fingerprint density at radius 2 is 2.29 bits per heavy atom. The predicted octanol–water partition coefficient (Wildman–Crippen LogP) is 1.40. The molecule has 2 N–H and O–H groups in total. The molecule has 1 amide bonds. The van der Waals surface area contributed by atoms with Crippen LogP contribution in [0.1, 0.15) is 16.1 Å². The molecule has 0 spiro atoms. The number of aliphatic hydroxyl groups is 1. The lowest BCUT2D eigenvalue weighted by Gasteiger charge is -2.11. The van der Waals surface area contributed by atoms with Crippen LogP contribution in [-0.4, -0.2) is 35.1 Å². The number of aliphatic hydroxyl groups excluding tert-OH is 1. The quantitative estimate of drug-likeness (QED) is 0.864. The molecule has 1 heterocycles. The van der Waals surface area contributed by atoms with Gasteiger partial charge in [-0.3, -0.25) is 9.78 Å². The molecule has 1 aromatic rings. The molecule has 0 aromatic carbocycles. The Morgan fingerprint density at radius 3 is 2.82 bits per heavy atom. The van der Waals surface area contributed by atoms with Gasteiger partial charge in [0.2, 0.25) is 0 Å². The van der Waals surface area contributed by atoms with Crippen molar-refractivity contribution in [2.24, 2.45) is 0 Å². The minimum absolute atomic E-state index is 0.0822. The molecule has 0 fully saturated rings. The second-order valence-corrected chi connectivity index (χ2v) is 3.82. The van der Waals surface area contributed by atoms with E-state index in [-0.39, 0.29) is 10.6 Å². The van der Waals surface area contributed by atoms with Crippen molar-refractivity contribution >= 4 is 17.5 Å². The van der Waals surface area contributed by atoms with Crippen LogP contribution < -0.4 is 5.32 Å². The third-order valence-corrected chi connectivity index (χ3v) is 2.31. The number of carbonyl (C=O) groups excluding carboxylic acids is 1. The van der Waals surface area contributed by atoms with Crippen LogP contribution in [-0.2, 0) is 0 Å². The predicted molar refractivity (Wildman–Crippen MR) is 58.3 cm³/mol. The molecule has 94 valence electrons. The van der Waals surface area contributed by atoms with Crippen molar-refractivity contribution in [3.63, 3.8) is 0 Å². The van der Waals surface area contributed by atoms with Crippen LogP contribution in [0.25, 0.3) is 0 Å². The zero-order valence-corrected chi connectivity index (χ0v) is 9.71. The SMILES string of the molecule is Cc1cc(Cl)c(C(=O)NCC(O)C(F)F)cn1. The van der Waals surface area contributed by atoms with Crippen molar-refractivity contribution in [1.29, 1.82) is 0 Å². The average molecular weight is 265 g/mol. The van der Waals surface area contributed by atoms with Crippen LogP contribution in [0.3, 0.4) is 0 Å². The fourth-order valence-corrected chi connectivity index (χ4v) is 1.37. The highest BCUT2D eigenvalue weighted by Crippen LogP contribution is 2.15. The minimum Gasteiger partial charge on any atom is -0.385 e. The number of hydrogen-bond acceptors (Lipinski definition) is 3. The third-order valence-electron chi connectivity index (χ3n) is 2.00. The number of pyridine rings is 1. The molecule has 0 bridgehead atoms. The van der Waals surface area contributed by atoms with E-state index in [1.54, 1.807) is 6.92 Å². The van der Waals surface area contributed by atoms with Crippen molar-refractivity contribution in [2.75, 3.05) is 6.54 Å². The fraction of sp³-hybridized carbons (Fsp3) is 0.400. The summed E-state index contributed by atoms with van der Waals surface area (Å²) in [4.78, 5) is 15.4. The standard InChI is InChI=1S/C10H11ClF2N2O2/c1-5-2-7(11)6(3-14-5)10(17)15-4-8(16)9(12)13/h2-3,8-9,16H,4H2,1H3,(H,15,17). The number of nitrogens with one attached hydrogen (secondary N) is 1. The fourth-order valence-electron chi connectivity index (χ4n) is 1.08. The zero-order chi connectivity index (χ0) is 13.0. The second-order valence-electron chi connectivity index (χ2n) is 3.42. The highest BCUT2D eigenvalue weighted by Gasteiger charge is 2.18. The van der Waals surface area contributed by atoms with Gasteiger partial charge in [-0.2, -0.15) is 0 Å². The van der Waals surface area contributed by atoms with Crippen LogP contribution in [0, 0.1) is 6.92 Å². The summed E-state index contributed by atoms with van der Waals surface area (Å²) in [5.74, 6) is -0.651. The van der Waals surface area contributed by atoms with E-state index in [9.17, 15) is 13.6 Å². The van der Waals surface area contributed by atoms with Crippen LogP contribution in [0.4, 0.5) is 8.78 Å². The van der Waals surface area contributed by atoms with Crippen molar-refractivity contribution in [1.82, 2.24) is 10.3 Å². The molecule has 0 aliphatic heterocycles. The lowest BCUT2D eigenvalue weighted by Crippen LogP contribution is -2.36. The number of nitrogens with zero attached hydrogens (tertiary/aromatic N) is 1. The summed E-state index contributed by atoms with van der Waals surface area (Å²) in [6, 6.07) is 1.49. The van der Waals surface area contributed by atoms with Gasteiger partial charge >= 0.3 is 0 Å². The van der Waals surface area contributed by atoms with Crippen molar-refractivity contribution in [2.45, 2.75) is 19.5 Å². The Labute approximate surface area is 102 Å². The van der Waals surface area contributed by atoms with Gasteiger partial charge in [-0.15, -0.1) is 0 Å². The number of rotatable bonds is 4. The summed E-state index contributed by atoms with van der Waals surface area (Å²) in [6.45, 7) is 1.16. The van der Waals surface area contributed by atoms with E-state index in [1.165, 1.54) is 12.3 Å². The average Bonchev–Trinajstić information content (AvgIpc) is 2.25. The number of hydrogen-bond donors (Lipinski definition) is 2. The third kappa shape index (κ3) is 3.90. The number of halogens is 3. The first-order valence-corrected chi connectivity index (χ1v) is 5.16. The molecule has 1 aromatic heterocycles. The Hall–Kier alpha value is -1.27. The normalized spacial score (nSPS) is 12.6. The Kier molecular flexibility index (Phi) is 4.77. The Bertz CT molecular complexity index is 415. The summed E-state index contributed by atoms with van der Waals surface area (Å²) < 4.78 is 23.9. The Morgan fingerprint density at radius 1 is 1.65 bits per heavy atom. The maximum atomic E-state index is 12.0. The van der Waals surface area contributed by atoms with Gasteiger partial charge in [0.1, 0.15) is 6.10 Å². The van der Waals surface area contributed by atoms with Gasteiger partial charge < -0.3 is 10.4 Å². The summed E-state index contributed by atoms with van der Waals surface area (Å²) in [7, 11) is 0. The molecule has 17 heavy (non-hydrogen) atoms. The van der Waals surface area contributed by atoms with E-state index < -0.39 is 25.0 Å². The monoisotopic (exact) mass is 264 g/mol. The zero-order valence-electron chi connectivity index (χ0n) is 8.95. The van der Waals surface area contributed by atoms with Crippen molar-refractivity contribution in [3.05, 3.63) is 28.5 Å². The van der Waals surface area contributed by atoms with Crippen LogP contribution in [0.15, 0.2) is 12.3 Å². The number of carbonyl (C=O) groups is 1. The van der Waals surface area contributed by atoms with Crippen LogP contribution >= 0.6 is 11.6 Å². The molecule has 1 atom stereocenters. The van der Waals surface area contributed by atoms with Gasteiger partial charge in [0, 0.05) is 18.4 Å². The number of aryl methyl sites for hydroxylation is 1. The number of alkyl halides is 2. The molecule has 0 saturated carbocycles. The van der Waals surface area contributed by atoms with Crippen molar-refractivity contribution in [3.8, 4) is 0 Å². The molecule has 1 rings (SSSR count). The van der Waals surface area contributed by atoms with E-state index in [0.29, 0.717) is 5.69 Å². The van der Waals surface area contributed by atoms with Gasteiger partial charge in [-0.25, -0.2) is 8.78 Å². The first-order chi connectivity index (χ1) is 7.91. The molecule has 0 aliphatic carbocycles. The maximum Gasteiger partial charge on any atom is 0.265 e. The molecular weight excluding hydrogens is 254 g/mol. The van der Waals surface area contributed by atoms with E-state index in [4.69, 9.17) is 16.7 Å². The van der Waals surface area contributed by atoms with E-state index in [0.717, 1.165) is 0 Å². The summed E-state index contributed by atoms with van der Waals surface area (Å²) in [5, 5.41) is 11.2.